The van der Waals surface area contributed by atoms with Crippen molar-refractivity contribution >= 4 is 39.5 Å². The number of phosphoric ester groups is 2. The Balaban J connectivity index is 5.24. The first kappa shape index (κ1) is 91.1. The SMILES string of the molecule is CCCCCCCCCCCCCCCCCC(=O)OC[C@H](COP(=O)(O)OC[C@@H](O)COP(=O)(O)OC[C@@H](COC(=O)CCCCCCCCC(C)CC)OC(=O)CCCCCCCCC(C)CC)OC(=O)CCCCCCCCCCCCCCCCCC(C)C. The summed E-state index contributed by atoms with van der Waals surface area (Å²) in [7, 11) is -9.91. The largest absolute Gasteiger partial charge is 0.472 e. The second-order valence-corrected chi connectivity index (χ2v) is 30.6. The lowest BCUT2D eigenvalue weighted by Crippen LogP contribution is -2.30. The minimum atomic E-state index is -4.96. The molecule has 17 nitrogen and oxygen atoms in total. The summed E-state index contributed by atoms with van der Waals surface area (Å²) < 4.78 is 68.4. The van der Waals surface area contributed by atoms with Crippen LogP contribution in [0.4, 0.5) is 0 Å². The number of hydrogen-bond acceptors (Lipinski definition) is 15. The van der Waals surface area contributed by atoms with E-state index >= 15 is 0 Å². The van der Waals surface area contributed by atoms with E-state index in [2.05, 4.69) is 48.5 Å². The van der Waals surface area contributed by atoms with Crippen molar-refractivity contribution in [3.63, 3.8) is 0 Å². The molecule has 0 rings (SSSR count). The average Bonchev–Trinajstić information content (AvgIpc) is 2.15. The van der Waals surface area contributed by atoms with Crippen LogP contribution in [0.2, 0.25) is 0 Å². The van der Waals surface area contributed by atoms with Gasteiger partial charge in [0.05, 0.1) is 26.4 Å². The number of hydrogen-bond donors (Lipinski definition) is 3. The molecular formula is C74H144O17P2. The van der Waals surface area contributed by atoms with Crippen molar-refractivity contribution in [3.8, 4) is 0 Å². The molecule has 552 valence electrons. The van der Waals surface area contributed by atoms with Crippen molar-refractivity contribution in [3.05, 3.63) is 0 Å². The summed E-state index contributed by atoms with van der Waals surface area (Å²) in [5, 5.41) is 10.6. The van der Waals surface area contributed by atoms with Gasteiger partial charge in [0.25, 0.3) is 0 Å². The summed E-state index contributed by atoms with van der Waals surface area (Å²) >= 11 is 0. The topological polar surface area (TPSA) is 237 Å². The summed E-state index contributed by atoms with van der Waals surface area (Å²) in [6, 6.07) is 0. The van der Waals surface area contributed by atoms with Crippen molar-refractivity contribution in [2.45, 2.75) is 394 Å². The molecule has 0 saturated heterocycles. The zero-order valence-electron chi connectivity index (χ0n) is 60.7. The predicted molar refractivity (Wildman–Crippen MR) is 377 cm³/mol. The van der Waals surface area contributed by atoms with E-state index in [9.17, 15) is 43.2 Å². The molecule has 3 N–H and O–H groups in total. The first-order chi connectivity index (χ1) is 44.8. The predicted octanol–water partition coefficient (Wildman–Crippen LogP) is 21.4. The van der Waals surface area contributed by atoms with Crippen LogP contribution in [0.5, 0.6) is 0 Å². The maximum Gasteiger partial charge on any atom is 0.472 e. The highest BCUT2D eigenvalue weighted by atomic mass is 31.2. The molecule has 93 heavy (non-hydrogen) atoms. The van der Waals surface area contributed by atoms with Crippen molar-refractivity contribution in [2.75, 3.05) is 39.6 Å². The maximum absolute atomic E-state index is 13.1. The number of rotatable bonds is 72. The van der Waals surface area contributed by atoms with Crippen LogP contribution in [-0.4, -0.2) is 96.7 Å². The highest BCUT2D eigenvalue weighted by Gasteiger charge is 2.30. The molecule has 0 radical (unpaired) electrons. The third kappa shape index (κ3) is 65.8. The van der Waals surface area contributed by atoms with Crippen molar-refractivity contribution in [1.82, 2.24) is 0 Å². The normalized spacial score (nSPS) is 14.7. The fourth-order valence-electron chi connectivity index (χ4n) is 11.2. The summed E-state index contributed by atoms with van der Waals surface area (Å²) in [4.78, 5) is 72.7. The molecule has 0 bridgehead atoms. The number of aliphatic hydroxyl groups is 1. The number of carbonyl (C=O) groups excluding carboxylic acids is 4. The van der Waals surface area contributed by atoms with Crippen molar-refractivity contribution < 1.29 is 80.2 Å². The van der Waals surface area contributed by atoms with E-state index < -0.39 is 97.5 Å². The van der Waals surface area contributed by atoms with E-state index in [4.69, 9.17) is 37.0 Å². The highest BCUT2D eigenvalue weighted by Crippen LogP contribution is 2.45. The molecule has 0 heterocycles. The molecule has 0 aliphatic rings. The zero-order valence-corrected chi connectivity index (χ0v) is 62.5. The Labute approximate surface area is 568 Å². The summed E-state index contributed by atoms with van der Waals surface area (Å²) in [5.41, 5.74) is 0. The van der Waals surface area contributed by atoms with Crippen LogP contribution in [0.3, 0.4) is 0 Å². The molecule has 0 aromatic carbocycles. The number of ether oxygens (including phenoxy) is 4. The monoisotopic (exact) mass is 1370 g/mol. The minimum absolute atomic E-state index is 0.102. The van der Waals surface area contributed by atoms with E-state index in [-0.39, 0.29) is 25.7 Å². The molecule has 0 aromatic rings. The van der Waals surface area contributed by atoms with Gasteiger partial charge in [0.1, 0.15) is 19.3 Å². The van der Waals surface area contributed by atoms with Gasteiger partial charge in [-0.25, -0.2) is 9.13 Å². The zero-order chi connectivity index (χ0) is 68.7. The second kappa shape index (κ2) is 64.7. The molecule has 0 saturated carbocycles. The fourth-order valence-corrected chi connectivity index (χ4v) is 12.8. The smallest absolute Gasteiger partial charge is 0.462 e. The Morgan fingerprint density at radius 1 is 0.312 bits per heavy atom. The summed E-state index contributed by atoms with van der Waals surface area (Å²) in [5.74, 6) is 0.130. The van der Waals surface area contributed by atoms with Gasteiger partial charge in [-0.3, -0.25) is 37.3 Å². The van der Waals surface area contributed by atoms with E-state index in [0.29, 0.717) is 25.7 Å². The molecule has 0 aromatic heterocycles. The minimum Gasteiger partial charge on any atom is -0.462 e. The van der Waals surface area contributed by atoms with Crippen molar-refractivity contribution in [2.24, 2.45) is 17.8 Å². The number of carbonyl (C=O) groups is 4. The standard InChI is InChI=1S/C74H144O17P2/c1-8-11-12-13-14-15-16-17-19-23-26-29-32-41-48-55-71(76)84-61-69(90-73(78)57-50-43-33-30-27-24-21-18-20-22-25-28-31-38-45-52-65(4)5)63-88-92(80,81)86-59-68(75)60-87-93(82,83)89-64-70(91-74(79)58-51-44-37-35-40-47-54-67(7)10-3)62-85-72(77)56-49-42-36-34-39-46-53-66(6)9-2/h65-70,75H,8-64H2,1-7H3,(H,80,81)(H,82,83)/t66?,67?,68-,69-,70-/m1/s1. The maximum atomic E-state index is 13.1. The Kier molecular flexibility index (Phi) is 63.4. The summed E-state index contributed by atoms with van der Waals surface area (Å²) in [6.45, 7) is 11.8. The Bertz CT molecular complexity index is 1820. The number of phosphoric acid groups is 2. The van der Waals surface area contributed by atoms with Crippen LogP contribution >= 0.6 is 15.6 Å². The van der Waals surface area contributed by atoms with Crippen LogP contribution < -0.4 is 0 Å². The molecule has 19 heteroatoms. The quantitative estimate of drug-likeness (QED) is 0.0222. The van der Waals surface area contributed by atoms with Gasteiger partial charge in [-0.05, 0) is 43.4 Å². The molecule has 4 unspecified atom stereocenters. The first-order valence-corrected chi connectivity index (χ1v) is 41.4. The highest BCUT2D eigenvalue weighted by molar-refractivity contribution is 7.47. The van der Waals surface area contributed by atoms with E-state index in [1.54, 1.807) is 0 Å². The Hall–Kier alpha value is -1.94. The van der Waals surface area contributed by atoms with Gasteiger partial charge in [-0.1, -0.05) is 325 Å². The Morgan fingerprint density at radius 2 is 0.548 bits per heavy atom. The molecule has 0 spiro atoms. The molecular weight excluding hydrogens is 1220 g/mol. The van der Waals surface area contributed by atoms with Gasteiger partial charge in [0.15, 0.2) is 12.2 Å². The molecule has 0 aliphatic heterocycles. The lowest BCUT2D eigenvalue weighted by atomic mass is 10.00. The van der Waals surface area contributed by atoms with Crippen LogP contribution in [0.25, 0.3) is 0 Å². The average molecular weight is 1370 g/mol. The molecule has 7 atom stereocenters. The number of unbranched alkanes of at least 4 members (excludes halogenated alkanes) is 38. The van der Waals surface area contributed by atoms with Crippen molar-refractivity contribution in [1.29, 1.82) is 0 Å². The fraction of sp³-hybridized carbons (Fsp3) is 0.946. The number of aliphatic hydroxyl groups excluding tert-OH is 1. The van der Waals surface area contributed by atoms with E-state index in [1.807, 2.05) is 0 Å². The third-order valence-corrected chi connectivity index (χ3v) is 19.8. The van der Waals surface area contributed by atoms with E-state index in [0.717, 1.165) is 114 Å². The van der Waals surface area contributed by atoms with Gasteiger partial charge in [0, 0.05) is 25.7 Å². The van der Waals surface area contributed by atoms with Crippen LogP contribution in [0, 0.1) is 17.8 Å². The van der Waals surface area contributed by atoms with Gasteiger partial charge in [-0.2, -0.15) is 0 Å². The molecule has 0 aliphatic carbocycles. The van der Waals surface area contributed by atoms with Gasteiger partial charge < -0.3 is 33.8 Å². The Morgan fingerprint density at radius 3 is 0.817 bits per heavy atom. The lowest BCUT2D eigenvalue weighted by molar-refractivity contribution is -0.161. The first-order valence-electron chi connectivity index (χ1n) is 38.4. The van der Waals surface area contributed by atoms with Crippen LogP contribution in [0.1, 0.15) is 376 Å². The summed E-state index contributed by atoms with van der Waals surface area (Å²) in [6.07, 6.45) is 50.0. The third-order valence-electron chi connectivity index (χ3n) is 17.9. The van der Waals surface area contributed by atoms with Gasteiger partial charge in [-0.15, -0.1) is 0 Å². The number of esters is 4. The lowest BCUT2D eigenvalue weighted by Gasteiger charge is -2.21. The second-order valence-electron chi connectivity index (χ2n) is 27.6. The van der Waals surface area contributed by atoms with E-state index in [1.165, 1.54) is 180 Å². The van der Waals surface area contributed by atoms with Gasteiger partial charge >= 0.3 is 39.5 Å². The van der Waals surface area contributed by atoms with Crippen LogP contribution in [-0.2, 0) is 65.4 Å². The molecule has 0 amide bonds. The van der Waals surface area contributed by atoms with Crippen LogP contribution in [0.15, 0.2) is 0 Å². The molecule has 0 fully saturated rings. The van der Waals surface area contributed by atoms with Gasteiger partial charge in [0.2, 0.25) is 0 Å².